The topological polar surface area (TPSA) is 120 Å². The minimum absolute atomic E-state index is 0.152. The molecular formula is C13H21N3O5. The smallest absolute Gasteiger partial charge is 0.351 e. The molecule has 1 aliphatic heterocycles. The molecule has 8 nitrogen and oxygen atoms in total. The lowest BCUT2D eigenvalue weighted by molar-refractivity contribution is -0.0741. The quantitative estimate of drug-likeness (QED) is 0.649. The van der Waals surface area contributed by atoms with Gasteiger partial charge in [0.25, 0.3) is 0 Å². The average Bonchev–Trinajstić information content (AvgIpc) is 2.77. The number of ether oxygens (including phenoxy) is 2. The molecule has 0 saturated carbocycles. The molecule has 0 amide bonds. The maximum Gasteiger partial charge on any atom is 0.351 e. The maximum absolute atomic E-state index is 12.0. The van der Waals surface area contributed by atoms with E-state index in [2.05, 4.69) is 4.98 Å². The molecule has 1 saturated heterocycles. The third-order valence-electron chi connectivity index (χ3n) is 3.46. The predicted molar refractivity (Wildman–Crippen MR) is 74.7 cm³/mol. The molecule has 0 aromatic carbocycles. The third-order valence-corrected chi connectivity index (χ3v) is 3.46. The zero-order valence-electron chi connectivity index (χ0n) is 12.1. The minimum Gasteiger partial charge on any atom is -0.394 e. The molecule has 4 atom stereocenters. The van der Waals surface area contributed by atoms with E-state index in [1.54, 1.807) is 6.92 Å². The fourth-order valence-electron chi connectivity index (χ4n) is 2.29. The Bertz CT molecular complexity index is 547. The van der Waals surface area contributed by atoms with Gasteiger partial charge in [0.2, 0.25) is 0 Å². The molecule has 0 aliphatic carbocycles. The summed E-state index contributed by atoms with van der Waals surface area (Å²) in [5, 5.41) is 19.4. The van der Waals surface area contributed by atoms with Gasteiger partial charge in [0.15, 0.2) is 6.23 Å². The Labute approximate surface area is 122 Å². The van der Waals surface area contributed by atoms with E-state index in [4.69, 9.17) is 15.2 Å². The Balaban J connectivity index is 2.35. The van der Waals surface area contributed by atoms with Crippen LogP contribution in [-0.2, 0) is 9.47 Å². The summed E-state index contributed by atoms with van der Waals surface area (Å²) in [6.07, 6.45) is -1.14. The minimum atomic E-state index is -1.02. The van der Waals surface area contributed by atoms with Gasteiger partial charge in [-0.05, 0) is 13.3 Å². The number of nitrogens with zero attached hydrogens (tertiary/aromatic N) is 2. The van der Waals surface area contributed by atoms with Crippen LogP contribution in [0.3, 0.4) is 0 Å². The van der Waals surface area contributed by atoms with E-state index in [0.717, 1.165) is 6.42 Å². The first-order valence-corrected chi connectivity index (χ1v) is 6.90. The van der Waals surface area contributed by atoms with Crippen LogP contribution in [0.5, 0.6) is 0 Å². The van der Waals surface area contributed by atoms with Crippen LogP contribution in [0.2, 0.25) is 0 Å². The van der Waals surface area contributed by atoms with Crippen molar-refractivity contribution in [2.24, 2.45) is 0 Å². The van der Waals surface area contributed by atoms with Crippen LogP contribution >= 0.6 is 0 Å². The molecule has 21 heavy (non-hydrogen) atoms. The van der Waals surface area contributed by atoms with Gasteiger partial charge >= 0.3 is 5.69 Å². The number of hydrogen-bond donors (Lipinski definition) is 3. The van der Waals surface area contributed by atoms with E-state index in [0.29, 0.717) is 12.2 Å². The van der Waals surface area contributed by atoms with E-state index >= 15 is 0 Å². The molecule has 1 fully saturated rings. The molecule has 1 aliphatic rings. The second kappa shape index (κ2) is 6.52. The van der Waals surface area contributed by atoms with Crippen LogP contribution in [0, 0.1) is 6.92 Å². The Kier molecular flexibility index (Phi) is 4.94. The fraction of sp³-hybridized carbons (Fsp3) is 0.692. The Morgan fingerprint density at radius 1 is 1.57 bits per heavy atom. The standard InChI is InChI=1S/C13H21N3O5/c1-3-4-20-10-9(18)8(6-17)21-12(10)16-5-7(2)11(14)15-13(16)19/h5,8-10,12,17-18H,3-4,6H2,1-2H3,(H2,14,15,19)/t8-,9?,10+,12-/m1/s1. The number of nitrogens with two attached hydrogens (primary N) is 1. The Morgan fingerprint density at radius 2 is 2.29 bits per heavy atom. The molecule has 2 rings (SSSR count). The Morgan fingerprint density at radius 3 is 2.90 bits per heavy atom. The van der Waals surface area contributed by atoms with Crippen molar-refractivity contribution in [1.29, 1.82) is 0 Å². The zero-order chi connectivity index (χ0) is 15.6. The molecule has 0 radical (unpaired) electrons. The van der Waals surface area contributed by atoms with Crippen LogP contribution in [0.4, 0.5) is 5.82 Å². The number of nitrogen functional groups attached to an aromatic ring is 1. The van der Waals surface area contributed by atoms with Crippen LogP contribution in [0.25, 0.3) is 0 Å². The van der Waals surface area contributed by atoms with Crippen molar-refractivity contribution >= 4 is 5.82 Å². The highest BCUT2D eigenvalue weighted by Crippen LogP contribution is 2.31. The number of hydrogen-bond acceptors (Lipinski definition) is 7. The molecule has 1 aromatic heterocycles. The van der Waals surface area contributed by atoms with Crippen molar-refractivity contribution in [3.63, 3.8) is 0 Å². The fourth-order valence-corrected chi connectivity index (χ4v) is 2.29. The second-order valence-corrected chi connectivity index (χ2v) is 5.07. The molecule has 118 valence electrons. The van der Waals surface area contributed by atoms with E-state index < -0.39 is 30.2 Å². The monoisotopic (exact) mass is 299 g/mol. The van der Waals surface area contributed by atoms with Gasteiger partial charge in [0.05, 0.1) is 6.61 Å². The molecule has 2 heterocycles. The average molecular weight is 299 g/mol. The predicted octanol–water partition coefficient (Wildman–Crippen LogP) is -0.820. The van der Waals surface area contributed by atoms with Crippen molar-refractivity contribution < 1.29 is 19.7 Å². The molecule has 8 heteroatoms. The van der Waals surface area contributed by atoms with Crippen LogP contribution in [0.15, 0.2) is 11.0 Å². The third kappa shape index (κ3) is 3.08. The highest BCUT2D eigenvalue weighted by atomic mass is 16.6. The van der Waals surface area contributed by atoms with Crippen LogP contribution in [0.1, 0.15) is 25.1 Å². The van der Waals surface area contributed by atoms with E-state index in [1.165, 1.54) is 10.8 Å². The van der Waals surface area contributed by atoms with Gasteiger partial charge in [0, 0.05) is 18.4 Å². The van der Waals surface area contributed by atoms with Crippen molar-refractivity contribution in [2.45, 2.75) is 44.8 Å². The number of aryl methyl sites for hydroxylation is 1. The first-order chi connectivity index (χ1) is 9.99. The van der Waals surface area contributed by atoms with Crippen molar-refractivity contribution in [3.8, 4) is 0 Å². The number of aliphatic hydroxyl groups is 2. The summed E-state index contributed by atoms with van der Waals surface area (Å²) < 4.78 is 12.4. The summed E-state index contributed by atoms with van der Waals surface area (Å²) in [6, 6.07) is 0. The lowest BCUT2D eigenvalue weighted by Crippen LogP contribution is -2.38. The highest BCUT2D eigenvalue weighted by molar-refractivity contribution is 5.35. The van der Waals surface area contributed by atoms with Gasteiger partial charge in [-0.15, -0.1) is 0 Å². The van der Waals surface area contributed by atoms with Crippen LogP contribution in [-0.4, -0.2) is 51.3 Å². The van der Waals surface area contributed by atoms with Crippen molar-refractivity contribution in [3.05, 3.63) is 22.2 Å². The lowest BCUT2D eigenvalue weighted by atomic mass is 10.1. The van der Waals surface area contributed by atoms with Gasteiger partial charge in [-0.2, -0.15) is 4.98 Å². The number of anilines is 1. The Hall–Kier alpha value is -1.48. The molecule has 4 N–H and O–H groups in total. The SMILES string of the molecule is CCCO[C@H]1C(O)[C@@H](CO)O[C@H]1n1cc(C)c(N)nc1=O. The summed E-state index contributed by atoms with van der Waals surface area (Å²) in [4.78, 5) is 15.7. The van der Waals surface area contributed by atoms with E-state index in [1.807, 2.05) is 6.92 Å². The first kappa shape index (κ1) is 15.9. The van der Waals surface area contributed by atoms with Crippen molar-refractivity contribution in [1.82, 2.24) is 9.55 Å². The second-order valence-electron chi connectivity index (χ2n) is 5.07. The summed E-state index contributed by atoms with van der Waals surface area (Å²) in [6.45, 7) is 3.70. The lowest BCUT2D eigenvalue weighted by Gasteiger charge is -2.22. The summed E-state index contributed by atoms with van der Waals surface area (Å²) in [5.41, 5.74) is 5.63. The molecule has 0 spiro atoms. The first-order valence-electron chi connectivity index (χ1n) is 6.90. The summed E-state index contributed by atoms with van der Waals surface area (Å²) in [5.74, 6) is 0.152. The zero-order valence-corrected chi connectivity index (χ0v) is 12.1. The molecule has 1 aromatic rings. The van der Waals surface area contributed by atoms with Gasteiger partial charge in [-0.1, -0.05) is 6.92 Å². The normalized spacial score (nSPS) is 29.0. The molecule has 0 bridgehead atoms. The number of aliphatic hydroxyl groups excluding tert-OH is 2. The summed E-state index contributed by atoms with van der Waals surface area (Å²) in [7, 11) is 0. The van der Waals surface area contributed by atoms with Gasteiger partial charge in [-0.3, -0.25) is 4.57 Å². The number of aromatic nitrogens is 2. The number of rotatable bonds is 5. The largest absolute Gasteiger partial charge is 0.394 e. The van der Waals surface area contributed by atoms with E-state index in [9.17, 15) is 15.0 Å². The molecular weight excluding hydrogens is 278 g/mol. The van der Waals surface area contributed by atoms with Gasteiger partial charge in [-0.25, -0.2) is 4.79 Å². The maximum atomic E-state index is 12.0. The molecule has 1 unspecified atom stereocenters. The van der Waals surface area contributed by atoms with E-state index in [-0.39, 0.29) is 12.4 Å². The van der Waals surface area contributed by atoms with Crippen LogP contribution < -0.4 is 11.4 Å². The van der Waals surface area contributed by atoms with Gasteiger partial charge < -0.3 is 25.4 Å². The van der Waals surface area contributed by atoms with Crippen molar-refractivity contribution in [2.75, 3.05) is 18.9 Å². The van der Waals surface area contributed by atoms with Gasteiger partial charge in [0.1, 0.15) is 24.1 Å². The highest BCUT2D eigenvalue weighted by Gasteiger charge is 2.45. The summed E-state index contributed by atoms with van der Waals surface area (Å²) >= 11 is 0.